The number of carbonyl (C=O) groups is 1. The molecule has 0 atom stereocenters. The summed E-state index contributed by atoms with van der Waals surface area (Å²) >= 11 is 1.67. The monoisotopic (exact) mass is 466 g/mol. The molecule has 0 unspecified atom stereocenters. The van der Waals surface area contributed by atoms with E-state index < -0.39 is 0 Å². The molecule has 6 aromatic rings. The Hall–Kier alpha value is -4.44. The van der Waals surface area contributed by atoms with Crippen LogP contribution < -0.4 is 5.32 Å². The Morgan fingerprint density at radius 3 is 2.94 bits per heavy atom. The van der Waals surface area contributed by atoms with E-state index >= 15 is 0 Å². The second-order valence-corrected chi connectivity index (χ2v) is 8.62. The third-order valence-electron chi connectivity index (χ3n) is 5.49. The number of thiophene rings is 1. The molecule has 0 aliphatic rings. The van der Waals surface area contributed by atoms with E-state index in [1.54, 1.807) is 43.0 Å². The van der Waals surface area contributed by atoms with Gasteiger partial charge in [0.2, 0.25) is 5.91 Å². The van der Waals surface area contributed by atoms with Gasteiger partial charge in [-0.15, -0.1) is 11.3 Å². The number of hydrogen-bond donors (Lipinski definition) is 3. The van der Waals surface area contributed by atoms with E-state index in [1.165, 1.54) is 0 Å². The van der Waals surface area contributed by atoms with Crippen LogP contribution in [-0.4, -0.2) is 41.0 Å². The van der Waals surface area contributed by atoms with Gasteiger partial charge in [-0.05, 0) is 29.6 Å². The van der Waals surface area contributed by atoms with Crippen LogP contribution >= 0.6 is 11.3 Å². The van der Waals surface area contributed by atoms with Gasteiger partial charge in [-0.2, -0.15) is 5.10 Å². The first-order chi connectivity index (χ1) is 16.7. The standard InChI is InChI=1S/C24H18N8OS/c1-2-20(33)28-14-8-13(10-25-11-14)17-9-16-18(12-27-17)31-32-22(16)24-29-21-15(19-4-3-7-34-19)5-6-26-23(21)30-24/h3-12H,2H2,1H3,(H,28,33)(H,31,32)(H,26,29,30). The number of nitrogens with zero attached hydrogens (tertiary/aromatic N) is 5. The van der Waals surface area contributed by atoms with E-state index in [0.717, 1.165) is 32.4 Å². The van der Waals surface area contributed by atoms with Gasteiger partial charge in [0, 0.05) is 40.2 Å². The maximum absolute atomic E-state index is 11.8. The summed E-state index contributed by atoms with van der Waals surface area (Å²) in [5.74, 6) is 0.553. The van der Waals surface area contributed by atoms with Crippen molar-refractivity contribution in [3.63, 3.8) is 0 Å². The summed E-state index contributed by atoms with van der Waals surface area (Å²) in [6.45, 7) is 1.81. The highest BCUT2D eigenvalue weighted by Gasteiger charge is 2.17. The molecule has 0 saturated heterocycles. The predicted octanol–water partition coefficient (Wildman–Crippen LogP) is 5.04. The van der Waals surface area contributed by atoms with Crippen molar-refractivity contribution in [1.82, 2.24) is 35.1 Å². The van der Waals surface area contributed by atoms with E-state index in [9.17, 15) is 4.79 Å². The molecule has 0 spiro atoms. The first-order valence-electron chi connectivity index (χ1n) is 10.7. The Labute approximate surface area is 197 Å². The Bertz CT molecular complexity index is 1650. The Kier molecular flexibility index (Phi) is 4.84. The van der Waals surface area contributed by atoms with Crippen molar-refractivity contribution in [2.75, 3.05) is 5.32 Å². The summed E-state index contributed by atoms with van der Waals surface area (Å²) in [6.07, 6.45) is 7.23. The SMILES string of the molecule is CCC(=O)Nc1cncc(-c2cc3c(-c4nc5nccc(-c6cccs6)c5[nH]4)n[nH]c3cn2)c1. The van der Waals surface area contributed by atoms with Crippen molar-refractivity contribution in [3.05, 3.63) is 60.5 Å². The van der Waals surface area contributed by atoms with Crippen molar-refractivity contribution >= 4 is 45.0 Å². The number of hydrogen-bond acceptors (Lipinski definition) is 7. The molecular weight excluding hydrogens is 448 g/mol. The van der Waals surface area contributed by atoms with Crippen molar-refractivity contribution in [2.24, 2.45) is 0 Å². The van der Waals surface area contributed by atoms with Crippen molar-refractivity contribution in [3.8, 4) is 33.2 Å². The molecule has 0 aliphatic carbocycles. The largest absolute Gasteiger partial charge is 0.335 e. The molecule has 0 bridgehead atoms. The number of anilines is 1. The topological polar surface area (TPSA) is 125 Å². The summed E-state index contributed by atoms with van der Waals surface area (Å²) < 4.78 is 0. The molecular formula is C24H18N8OS. The number of aromatic nitrogens is 7. The minimum atomic E-state index is -0.0695. The quantitative estimate of drug-likeness (QED) is 0.327. The van der Waals surface area contributed by atoms with Crippen LogP contribution in [0.15, 0.2) is 60.5 Å². The van der Waals surface area contributed by atoms with Crippen molar-refractivity contribution in [1.29, 1.82) is 0 Å². The lowest BCUT2D eigenvalue weighted by Gasteiger charge is -2.06. The number of carbonyl (C=O) groups excluding carboxylic acids is 1. The van der Waals surface area contributed by atoms with Crippen LogP contribution in [0.5, 0.6) is 0 Å². The van der Waals surface area contributed by atoms with Gasteiger partial charge in [-0.1, -0.05) is 13.0 Å². The van der Waals surface area contributed by atoms with Crippen LogP contribution in [0.3, 0.4) is 0 Å². The molecule has 0 aromatic carbocycles. The van der Waals surface area contributed by atoms with Gasteiger partial charge in [0.25, 0.3) is 0 Å². The minimum absolute atomic E-state index is 0.0695. The van der Waals surface area contributed by atoms with Gasteiger partial charge in [0.1, 0.15) is 5.69 Å². The van der Waals surface area contributed by atoms with Crippen LogP contribution in [0, 0.1) is 0 Å². The lowest BCUT2D eigenvalue weighted by molar-refractivity contribution is -0.115. The summed E-state index contributed by atoms with van der Waals surface area (Å²) in [5, 5.41) is 13.3. The maximum atomic E-state index is 11.8. The second kappa shape index (κ2) is 8.16. The first kappa shape index (κ1) is 20.2. The van der Waals surface area contributed by atoms with Crippen molar-refractivity contribution < 1.29 is 4.79 Å². The second-order valence-electron chi connectivity index (χ2n) is 7.67. The molecule has 10 heteroatoms. The number of rotatable bonds is 5. The zero-order valence-corrected chi connectivity index (χ0v) is 18.8. The third kappa shape index (κ3) is 3.50. The van der Waals surface area contributed by atoms with Crippen LogP contribution in [-0.2, 0) is 4.79 Å². The minimum Gasteiger partial charge on any atom is -0.335 e. The Morgan fingerprint density at radius 1 is 1.15 bits per heavy atom. The molecule has 1 amide bonds. The lowest BCUT2D eigenvalue weighted by Crippen LogP contribution is -2.09. The van der Waals surface area contributed by atoms with Crippen LogP contribution in [0.1, 0.15) is 13.3 Å². The van der Waals surface area contributed by atoms with Crippen LogP contribution in [0.25, 0.3) is 55.3 Å². The molecule has 0 fully saturated rings. The molecule has 3 N–H and O–H groups in total. The molecule has 0 aliphatic heterocycles. The molecule has 0 radical (unpaired) electrons. The molecule has 6 rings (SSSR count). The Balaban J connectivity index is 1.43. The number of aromatic amines is 2. The Morgan fingerprint density at radius 2 is 2.09 bits per heavy atom. The summed E-state index contributed by atoms with van der Waals surface area (Å²) in [4.78, 5) is 34.3. The zero-order valence-electron chi connectivity index (χ0n) is 18.0. The van der Waals surface area contributed by atoms with E-state index in [1.807, 2.05) is 29.6 Å². The fourth-order valence-corrected chi connectivity index (χ4v) is 4.57. The summed E-state index contributed by atoms with van der Waals surface area (Å²) in [6, 6.07) is 9.88. The van der Waals surface area contributed by atoms with Crippen LogP contribution in [0.4, 0.5) is 5.69 Å². The fraction of sp³-hybridized carbons (Fsp3) is 0.0833. The highest BCUT2D eigenvalue weighted by atomic mass is 32.1. The molecule has 6 heterocycles. The predicted molar refractivity (Wildman–Crippen MR) is 132 cm³/mol. The molecule has 166 valence electrons. The average molecular weight is 467 g/mol. The van der Waals surface area contributed by atoms with E-state index in [0.29, 0.717) is 35.0 Å². The van der Waals surface area contributed by atoms with Crippen molar-refractivity contribution in [2.45, 2.75) is 13.3 Å². The van der Waals surface area contributed by atoms with Gasteiger partial charge in [-0.3, -0.25) is 19.9 Å². The maximum Gasteiger partial charge on any atom is 0.224 e. The third-order valence-corrected chi connectivity index (χ3v) is 6.39. The van der Waals surface area contributed by atoms with E-state index in [4.69, 9.17) is 4.98 Å². The number of nitrogens with one attached hydrogen (secondary N) is 3. The fourth-order valence-electron chi connectivity index (χ4n) is 3.81. The van der Waals surface area contributed by atoms with Gasteiger partial charge in [0.05, 0.1) is 34.8 Å². The van der Waals surface area contributed by atoms with E-state index in [2.05, 4.69) is 41.5 Å². The summed E-state index contributed by atoms with van der Waals surface area (Å²) in [5.41, 5.74) is 6.15. The van der Waals surface area contributed by atoms with Gasteiger partial charge < -0.3 is 10.3 Å². The molecule has 0 saturated carbocycles. The highest BCUT2D eigenvalue weighted by molar-refractivity contribution is 7.13. The normalized spacial score (nSPS) is 11.3. The van der Waals surface area contributed by atoms with Gasteiger partial charge in [0.15, 0.2) is 11.5 Å². The zero-order chi connectivity index (χ0) is 23.1. The smallest absolute Gasteiger partial charge is 0.224 e. The van der Waals surface area contributed by atoms with Gasteiger partial charge in [-0.25, -0.2) is 9.97 Å². The van der Waals surface area contributed by atoms with Crippen LogP contribution in [0.2, 0.25) is 0 Å². The lowest BCUT2D eigenvalue weighted by atomic mass is 10.1. The molecule has 34 heavy (non-hydrogen) atoms. The molecule has 9 nitrogen and oxygen atoms in total. The first-order valence-corrected chi connectivity index (χ1v) is 11.6. The highest BCUT2D eigenvalue weighted by Crippen LogP contribution is 2.33. The number of fused-ring (bicyclic) bond motifs is 2. The number of imidazole rings is 1. The number of amides is 1. The molecule has 6 aromatic heterocycles. The van der Waals surface area contributed by atoms with E-state index in [-0.39, 0.29) is 5.91 Å². The average Bonchev–Trinajstić information content (AvgIpc) is 3.62. The van der Waals surface area contributed by atoms with Gasteiger partial charge >= 0.3 is 0 Å². The number of H-pyrrole nitrogens is 2. The number of pyridine rings is 3. The summed E-state index contributed by atoms with van der Waals surface area (Å²) in [7, 11) is 0.